The average Bonchev–Trinajstić information content (AvgIpc) is 2.84. The molecule has 0 aliphatic rings. The lowest BCUT2D eigenvalue weighted by atomic mass is 9.98. The lowest BCUT2D eigenvalue weighted by Crippen LogP contribution is -2.27. The van der Waals surface area contributed by atoms with E-state index < -0.39 is 5.97 Å². The Morgan fingerprint density at radius 2 is 1.79 bits per heavy atom. The summed E-state index contributed by atoms with van der Waals surface area (Å²) in [7, 11) is 0. The number of hydrogen-bond donors (Lipinski definition) is 2. The number of amides is 1. The van der Waals surface area contributed by atoms with E-state index in [4.69, 9.17) is 9.84 Å². The maximum absolute atomic E-state index is 13.4. The molecule has 1 aromatic heterocycles. The van der Waals surface area contributed by atoms with Crippen molar-refractivity contribution in [2.24, 2.45) is 0 Å². The van der Waals surface area contributed by atoms with E-state index in [9.17, 15) is 9.59 Å². The van der Waals surface area contributed by atoms with Crippen molar-refractivity contribution >= 4 is 22.6 Å². The molecule has 6 heteroatoms. The van der Waals surface area contributed by atoms with Gasteiger partial charge in [0.1, 0.15) is 5.75 Å². The summed E-state index contributed by atoms with van der Waals surface area (Å²) in [4.78, 5) is 28.5. The molecule has 1 unspecified atom stereocenters. The van der Waals surface area contributed by atoms with Crippen LogP contribution < -0.4 is 10.1 Å². The molecule has 4 aromatic rings. The number of aryl methyl sites for hydroxylation is 1. The van der Waals surface area contributed by atoms with Gasteiger partial charge < -0.3 is 15.2 Å². The average molecular weight is 455 g/mol. The third-order valence-electron chi connectivity index (χ3n) is 5.66. The molecule has 0 aliphatic carbocycles. The van der Waals surface area contributed by atoms with Crippen LogP contribution in [-0.4, -0.2) is 22.0 Å². The van der Waals surface area contributed by atoms with E-state index in [1.165, 1.54) is 0 Å². The summed E-state index contributed by atoms with van der Waals surface area (Å²) >= 11 is 0. The minimum absolute atomic E-state index is 0.0413. The second-order valence-electron chi connectivity index (χ2n) is 8.10. The molecule has 0 spiro atoms. The van der Waals surface area contributed by atoms with Crippen molar-refractivity contribution < 1.29 is 19.4 Å². The van der Waals surface area contributed by atoms with Gasteiger partial charge in [0.25, 0.3) is 5.91 Å². The molecule has 0 radical (unpaired) electrons. The van der Waals surface area contributed by atoms with Crippen molar-refractivity contribution in [2.75, 3.05) is 0 Å². The van der Waals surface area contributed by atoms with Gasteiger partial charge in [-0.05, 0) is 59.9 Å². The number of carboxylic acid groups (broad SMARTS) is 1. The minimum Gasteiger partial charge on any atom is -0.481 e. The Balaban J connectivity index is 1.60. The van der Waals surface area contributed by atoms with Gasteiger partial charge in [-0.3, -0.25) is 9.59 Å². The molecule has 1 heterocycles. The second-order valence-corrected chi connectivity index (χ2v) is 8.10. The summed E-state index contributed by atoms with van der Waals surface area (Å²) in [6, 6.07) is 24.5. The van der Waals surface area contributed by atoms with E-state index in [-0.39, 0.29) is 18.4 Å². The Kier molecular flexibility index (Phi) is 7.18. The molecule has 0 saturated carbocycles. The van der Waals surface area contributed by atoms with Gasteiger partial charge in [0.2, 0.25) is 5.88 Å². The number of benzene rings is 3. The first kappa shape index (κ1) is 23.0. The topological polar surface area (TPSA) is 88.5 Å². The molecule has 6 nitrogen and oxygen atoms in total. The molecule has 34 heavy (non-hydrogen) atoms. The monoisotopic (exact) mass is 454 g/mol. The van der Waals surface area contributed by atoms with Crippen LogP contribution in [0.2, 0.25) is 0 Å². The molecule has 0 fully saturated rings. The Hall–Kier alpha value is -4.19. The highest BCUT2D eigenvalue weighted by molar-refractivity contribution is 5.97. The summed E-state index contributed by atoms with van der Waals surface area (Å²) in [6.45, 7) is 1.96. The van der Waals surface area contributed by atoms with E-state index >= 15 is 0 Å². The molecule has 0 saturated heterocycles. The Morgan fingerprint density at radius 1 is 1.00 bits per heavy atom. The number of nitrogens with zero attached hydrogens (tertiary/aromatic N) is 1. The van der Waals surface area contributed by atoms with E-state index in [0.717, 1.165) is 21.9 Å². The SMILES string of the molecule is CC(NC(=O)c1cc(Oc2ccccn2)ccc1CCCC(=O)O)c1cccc2ccccc12. The van der Waals surface area contributed by atoms with Gasteiger partial charge in [-0.2, -0.15) is 0 Å². The highest BCUT2D eigenvalue weighted by atomic mass is 16.5. The number of pyridine rings is 1. The largest absolute Gasteiger partial charge is 0.481 e. The van der Waals surface area contributed by atoms with Crippen LogP contribution in [0.3, 0.4) is 0 Å². The number of nitrogens with one attached hydrogen (secondary N) is 1. The number of hydrogen-bond acceptors (Lipinski definition) is 4. The lowest BCUT2D eigenvalue weighted by Gasteiger charge is -2.18. The zero-order valence-corrected chi connectivity index (χ0v) is 18.9. The minimum atomic E-state index is -0.856. The molecule has 1 atom stereocenters. The molecule has 3 aromatic carbocycles. The molecule has 4 rings (SSSR count). The molecule has 1 amide bonds. The first-order chi connectivity index (χ1) is 16.5. The van der Waals surface area contributed by atoms with Crippen LogP contribution in [0.1, 0.15) is 47.3 Å². The maximum atomic E-state index is 13.4. The molecular weight excluding hydrogens is 428 g/mol. The predicted octanol–water partition coefficient (Wildman–Crippen LogP) is 5.93. The molecule has 0 aliphatic heterocycles. The first-order valence-corrected chi connectivity index (χ1v) is 11.2. The maximum Gasteiger partial charge on any atom is 0.303 e. The van der Waals surface area contributed by atoms with Gasteiger partial charge in [-0.25, -0.2) is 4.98 Å². The number of fused-ring (bicyclic) bond motifs is 1. The van der Waals surface area contributed by atoms with Crippen LogP contribution in [0.4, 0.5) is 0 Å². The summed E-state index contributed by atoms with van der Waals surface area (Å²) in [5, 5.41) is 14.3. The van der Waals surface area contributed by atoms with Crippen LogP contribution in [0.5, 0.6) is 11.6 Å². The Labute approximate surface area is 198 Å². The number of carbonyl (C=O) groups excluding carboxylic acids is 1. The van der Waals surface area contributed by atoms with E-state index in [1.54, 1.807) is 30.5 Å². The number of carboxylic acids is 1. The van der Waals surface area contributed by atoms with Gasteiger partial charge in [0.15, 0.2) is 0 Å². The third kappa shape index (κ3) is 5.59. The second kappa shape index (κ2) is 10.6. The summed E-state index contributed by atoms with van der Waals surface area (Å²) in [5.41, 5.74) is 2.27. The molecule has 2 N–H and O–H groups in total. The van der Waals surface area contributed by atoms with E-state index in [2.05, 4.69) is 10.3 Å². The summed E-state index contributed by atoms with van der Waals surface area (Å²) < 4.78 is 5.83. The fourth-order valence-corrected chi connectivity index (χ4v) is 3.99. The lowest BCUT2D eigenvalue weighted by molar-refractivity contribution is -0.137. The van der Waals surface area contributed by atoms with Crippen molar-refractivity contribution in [3.8, 4) is 11.6 Å². The van der Waals surface area contributed by atoms with Crippen molar-refractivity contribution in [1.82, 2.24) is 10.3 Å². The molecular formula is C28H26N2O4. The zero-order chi connectivity index (χ0) is 23.9. The highest BCUT2D eigenvalue weighted by Gasteiger charge is 2.18. The number of aliphatic carboxylic acids is 1. The quantitative estimate of drug-likeness (QED) is 0.327. The first-order valence-electron chi connectivity index (χ1n) is 11.2. The van der Waals surface area contributed by atoms with Crippen molar-refractivity contribution in [1.29, 1.82) is 0 Å². The number of rotatable bonds is 9. The van der Waals surface area contributed by atoms with Crippen LogP contribution in [0.25, 0.3) is 10.8 Å². The molecule has 0 bridgehead atoms. The van der Waals surface area contributed by atoms with Crippen LogP contribution >= 0.6 is 0 Å². The van der Waals surface area contributed by atoms with Crippen molar-refractivity contribution in [3.63, 3.8) is 0 Å². The Morgan fingerprint density at radius 3 is 2.59 bits per heavy atom. The smallest absolute Gasteiger partial charge is 0.303 e. The van der Waals surface area contributed by atoms with Crippen molar-refractivity contribution in [2.45, 2.75) is 32.2 Å². The highest BCUT2D eigenvalue weighted by Crippen LogP contribution is 2.27. The van der Waals surface area contributed by atoms with Crippen LogP contribution in [0, 0.1) is 0 Å². The van der Waals surface area contributed by atoms with Gasteiger partial charge in [0.05, 0.1) is 6.04 Å². The predicted molar refractivity (Wildman–Crippen MR) is 131 cm³/mol. The fourth-order valence-electron chi connectivity index (χ4n) is 3.99. The molecule has 172 valence electrons. The van der Waals surface area contributed by atoms with Gasteiger partial charge in [0, 0.05) is 24.2 Å². The number of aromatic nitrogens is 1. The van der Waals surface area contributed by atoms with Gasteiger partial charge in [-0.15, -0.1) is 0 Å². The number of carbonyl (C=O) groups is 2. The van der Waals surface area contributed by atoms with Crippen LogP contribution in [0.15, 0.2) is 85.1 Å². The van der Waals surface area contributed by atoms with Gasteiger partial charge >= 0.3 is 5.97 Å². The standard InChI is InChI=1S/C28H26N2O4/c1-19(23-12-6-9-20-8-2-3-11-24(20)23)30-28(33)25-18-22(34-26-13-4-5-17-29-26)16-15-21(25)10-7-14-27(31)32/h2-6,8-9,11-13,15-19H,7,10,14H2,1H3,(H,30,33)(H,31,32). The Bertz CT molecular complexity index is 1300. The van der Waals surface area contributed by atoms with Crippen LogP contribution in [-0.2, 0) is 11.2 Å². The third-order valence-corrected chi connectivity index (χ3v) is 5.66. The normalized spacial score (nSPS) is 11.7. The fraction of sp³-hybridized carbons (Fsp3) is 0.179. The zero-order valence-electron chi connectivity index (χ0n) is 18.9. The van der Waals surface area contributed by atoms with E-state index in [0.29, 0.717) is 30.0 Å². The van der Waals surface area contributed by atoms with E-state index in [1.807, 2.05) is 61.5 Å². The van der Waals surface area contributed by atoms with Gasteiger partial charge in [-0.1, -0.05) is 54.6 Å². The number of ether oxygens (including phenoxy) is 1. The van der Waals surface area contributed by atoms with Crippen molar-refractivity contribution in [3.05, 3.63) is 102 Å². The summed E-state index contributed by atoms with van der Waals surface area (Å²) in [6.07, 6.45) is 2.59. The summed E-state index contributed by atoms with van der Waals surface area (Å²) in [5.74, 6) is -0.178.